The van der Waals surface area contributed by atoms with Gasteiger partial charge in [-0.2, -0.15) is 0 Å². The Balaban J connectivity index is 1.41. The minimum Gasteiger partial charge on any atom is -0.341 e. The zero-order valence-corrected chi connectivity index (χ0v) is 14.2. The van der Waals surface area contributed by atoms with Gasteiger partial charge in [-0.1, -0.05) is 12.1 Å². The van der Waals surface area contributed by atoms with E-state index in [-0.39, 0.29) is 6.03 Å². The molecule has 0 aliphatic carbocycles. The quantitative estimate of drug-likeness (QED) is 0.895. The Morgan fingerprint density at radius 1 is 1.28 bits per heavy atom. The van der Waals surface area contributed by atoms with E-state index in [4.69, 9.17) is 0 Å². The summed E-state index contributed by atoms with van der Waals surface area (Å²) >= 11 is 0. The van der Waals surface area contributed by atoms with E-state index in [1.165, 1.54) is 12.4 Å². The zero-order valence-electron chi connectivity index (χ0n) is 14.2. The molecule has 1 aromatic carbocycles. The number of amides is 2. The number of hydrogen-bond acceptors (Lipinski definition) is 4. The SMILES string of the molecule is Cc1cccc(NC(=O)NCC2CCN(c3ncc(F)cn3)CC2)c1. The fourth-order valence-electron chi connectivity index (χ4n) is 2.94. The number of benzene rings is 1. The number of rotatable bonds is 4. The van der Waals surface area contributed by atoms with E-state index in [1.807, 2.05) is 36.1 Å². The second-order valence-corrected chi connectivity index (χ2v) is 6.34. The number of piperidine rings is 1. The Bertz CT molecular complexity index is 714. The number of hydrogen-bond donors (Lipinski definition) is 2. The van der Waals surface area contributed by atoms with E-state index < -0.39 is 5.82 Å². The molecule has 2 N–H and O–H groups in total. The van der Waals surface area contributed by atoms with Crippen LogP contribution in [-0.4, -0.2) is 35.6 Å². The van der Waals surface area contributed by atoms with Crippen LogP contribution >= 0.6 is 0 Å². The summed E-state index contributed by atoms with van der Waals surface area (Å²) in [5.74, 6) is 0.549. The summed E-state index contributed by atoms with van der Waals surface area (Å²) in [7, 11) is 0. The number of nitrogens with one attached hydrogen (secondary N) is 2. The molecule has 2 heterocycles. The highest BCUT2D eigenvalue weighted by Gasteiger charge is 2.21. The van der Waals surface area contributed by atoms with Crippen LogP contribution in [0, 0.1) is 18.7 Å². The van der Waals surface area contributed by atoms with Crippen LogP contribution < -0.4 is 15.5 Å². The Morgan fingerprint density at radius 3 is 2.68 bits per heavy atom. The van der Waals surface area contributed by atoms with Crippen molar-refractivity contribution in [3.63, 3.8) is 0 Å². The smallest absolute Gasteiger partial charge is 0.319 e. The topological polar surface area (TPSA) is 70.2 Å². The molecule has 0 spiro atoms. The third-order valence-corrected chi connectivity index (χ3v) is 4.33. The lowest BCUT2D eigenvalue weighted by atomic mass is 9.97. The van der Waals surface area contributed by atoms with Gasteiger partial charge in [-0.3, -0.25) is 0 Å². The van der Waals surface area contributed by atoms with Gasteiger partial charge in [0.05, 0.1) is 12.4 Å². The molecular weight excluding hydrogens is 321 g/mol. The van der Waals surface area contributed by atoms with Crippen LogP contribution in [0.5, 0.6) is 0 Å². The van der Waals surface area contributed by atoms with Crippen LogP contribution in [0.1, 0.15) is 18.4 Å². The standard InChI is InChI=1S/C18H22FN5O/c1-13-3-2-4-16(9-13)23-18(25)22-10-14-5-7-24(8-6-14)17-20-11-15(19)12-21-17/h2-4,9,11-12,14H,5-8,10H2,1H3,(H2,22,23,25). The second-order valence-electron chi connectivity index (χ2n) is 6.34. The minimum absolute atomic E-state index is 0.185. The summed E-state index contributed by atoms with van der Waals surface area (Å²) in [6.07, 6.45) is 4.24. The van der Waals surface area contributed by atoms with Crippen molar-refractivity contribution in [1.82, 2.24) is 15.3 Å². The molecule has 1 saturated heterocycles. The van der Waals surface area contributed by atoms with Crippen molar-refractivity contribution in [1.29, 1.82) is 0 Å². The normalized spacial score (nSPS) is 15.0. The lowest BCUT2D eigenvalue weighted by molar-refractivity contribution is 0.248. The average molecular weight is 343 g/mol. The molecule has 1 aliphatic heterocycles. The molecule has 0 radical (unpaired) electrons. The molecule has 7 heteroatoms. The highest BCUT2D eigenvalue weighted by atomic mass is 19.1. The number of aryl methyl sites for hydroxylation is 1. The Kier molecular flexibility index (Phi) is 5.42. The lowest BCUT2D eigenvalue weighted by Crippen LogP contribution is -2.40. The van der Waals surface area contributed by atoms with Crippen LogP contribution in [-0.2, 0) is 0 Å². The van der Waals surface area contributed by atoms with Crippen molar-refractivity contribution in [2.24, 2.45) is 5.92 Å². The number of halogens is 1. The van der Waals surface area contributed by atoms with Crippen molar-refractivity contribution >= 4 is 17.7 Å². The molecule has 1 aliphatic rings. The van der Waals surface area contributed by atoms with Crippen molar-refractivity contribution in [3.05, 3.63) is 48.0 Å². The van der Waals surface area contributed by atoms with Gasteiger partial charge in [-0.25, -0.2) is 19.2 Å². The first-order valence-corrected chi connectivity index (χ1v) is 8.44. The van der Waals surface area contributed by atoms with E-state index in [0.29, 0.717) is 18.4 Å². The molecule has 132 valence electrons. The largest absolute Gasteiger partial charge is 0.341 e. The van der Waals surface area contributed by atoms with Crippen LogP contribution in [0.4, 0.5) is 20.8 Å². The van der Waals surface area contributed by atoms with Gasteiger partial charge in [0.1, 0.15) is 0 Å². The number of carbonyl (C=O) groups is 1. The first kappa shape index (κ1) is 17.1. The van der Waals surface area contributed by atoms with E-state index >= 15 is 0 Å². The fourth-order valence-corrected chi connectivity index (χ4v) is 2.94. The van der Waals surface area contributed by atoms with Crippen LogP contribution in [0.2, 0.25) is 0 Å². The van der Waals surface area contributed by atoms with Gasteiger partial charge in [0.2, 0.25) is 5.95 Å². The molecule has 1 fully saturated rings. The zero-order chi connectivity index (χ0) is 17.6. The Labute approximate surface area is 146 Å². The van der Waals surface area contributed by atoms with Gasteiger partial charge >= 0.3 is 6.03 Å². The molecule has 0 bridgehead atoms. The summed E-state index contributed by atoms with van der Waals surface area (Å²) in [6.45, 7) is 4.23. The number of anilines is 2. The number of aromatic nitrogens is 2. The molecule has 0 saturated carbocycles. The molecule has 3 rings (SSSR count). The minimum atomic E-state index is -0.428. The van der Waals surface area contributed by atoms with E-state index in [1.54, 1.807) is 0 Å². The summed E-state index contributed by atoms with van der Waals surface area (Å²) in [5.41, 5.74) is 1.90. The second kappa shape index (κ2) is 7.92. The molecule has 2 aromatic rings. The fraction of sp³-hybridized carbons (Fsp3) is 0.389. The maximum Gasteiger partial charge on any atom is 0.319 e. The van der Waals surface area contributed by atoms with E-state index in [0.717, 1.165) is 37.2 Å². The highest BCUT2D eigenvalue weighted by Crippen LogP contribution is 2.20. The summed E-state index contributed by atoms with van der Waals surface area (Å²) in [5, 5.41) is 5.78. The Hall–Kier alpha value is -2.70. The molecule has 25 heavy (non-hydrogen) atoms. The first-order chi connectivity index (χ1) is 12.1. The van der Waals surface area contributed by atoms with Crippen molar-refractivity contribution in [2.75, 3.05) is 29.9 Å². The third kappa shape index (κ3) is 4.89. The molecule has 2 amide bonds. The summed E-state index contributed by atoms with van der Waals surface area (Å²) < 4.78 is 12.9. The highest BCUT2D eigenvalue weighted by molar-refractivity contribution is 5.89. The first-order valence-electron chi connectivity index (χ1n) is 8.44. The lowest BCUT2D eigenvalue weighted by Gasteiger charge is -2.31. The van der Waals surface area contributed by atoms with Crippen LogP contribution in [0.15, 0.2) is 36.7 Å². The molecule has 0 unspecified atom stereocenters. The van der Waals surface area contributed by atoms with E-state index in [9.17, 15) is 9.18 Å². The Morgan fingerprint density at radius 2 is 2.00 bits per heavy atom. The summed E-state index contributed by atoms with van der Waals surface area (Å²) in [6, 6.07) is 7.52. The monoisotopic (exact) mass is 343 g/mol. The van der Waals surface area contributed by atoms with Crippen molar-refractivity contribution < 1.29 is 9.18 Å². The maximum atomic E-state index is 12.9. The average Bonchev–Trinajstić information content (AvgIpc) is 2.61. The molecule has 6 nitrogen and oxygen atoms in total. The number of nitrogens with zero attached hydrogens (tertiary/aromatic N) is 3. The van der Waals surface area contributed by atoms with Crippen LogP contribution in [0.3, 0.4) is 0 Å². The van der Waals surface area contributed by atoms with Crippen LogP contribution in [0.25, 0.3) is 0 Å². The predicted molar refractivity (Wildman–Crippen MR) is 95.1 cm³/mol. The number of urea groups is 1. The van der Waals surface area contributed by atoms with E-state index in [2.05, 4.69) is 20.6 Å². The maximum absolute atomic E-state index is 12.9. The van der Waals surface area contributed by atoms with Crippen molar-refractivity contribution in [2.45, 2.75) is 19.8 Å². The predicted octanol–water partition coefficient (Wildman–Crippen LogP) is 2.96. The number of carbonyl (C=O) groups excluding carboxylic acids is 1. The van der Waals surface area contributed by atoms with Gasteiger partial charge in [0, 0.05) is 25.3 Å². The van der Waals surface area contributed by atoms with Gasteiger partial charge in [-0.15, -0.1) is 0 Å². The van der Waals surface area contributed by atoms with Crippen molar-refractivity contribution in [3.8, 4) is 0 Å². The van der Waals surface area contributed by atoms with Gasteiger partial charge in [-0.05, 0) is 43.4 Å². The van der Waals surface area contributed by atoms with Gasteiger partial charge in [0.15, 0.2) is 5.82 Å². The van der Waals surface area contributed by atoms with Gasteiger partial charge in [0.25, 0.3) is 0 Å². The summed E-state index contributed by atoms with van der Waals surface area (Å²) in [4.78, 5) is 22.1. The van der Waals surface area contributed by atoms with Gasteiger partial charge < -0.3 is 15.5 Å². The molecular formula is C18H22FN5O. The molecule has 0 atom stereocenters. The molecule has 1 aromatic heterocycles. The third-order valence-electron chi connectivity index (χ3n) is 4.33.